The van der Waals surface area contributed by atoms with Gasteiger partial charge in [-0.1, -0.05) is 12.0 Å². The van der Waals surface area contributed by atoms with E-state index in [9.17, 15) is 0 Å². The van der Waals surface area contributed by atoms with Crippen molar-refractivity contribution in [1.82, 2.24) is 0 Å². The van der Waals surface area contributed by atoms with Gasteiger partial charge in [0.1, 0.15) is 0 Å². The van der Waals surface area contributed by atoms with Crippen LogP contribution in [-0.4, -0.2) is 13.7 Å². The molecule has 0 radical (unpaired) electrons. The van der Waals surface area contributed by atoms with E-state index < -0.39 is 0 Å². The lowest BCUT2D eigenvalue weighted by Crippen LogP contribution is -2.14. The molecule has 2 heteroatoms. The van der Waals surface area contributed by atoms with Crippen LogP contribution in [0.3, 0.4) is 0 Å². The smallest absolute Gasteiger partial charge is 0.161 e. The molecule has 0 amide bonds. The number of ether oxygens (including phenoxy) is 2. The monoisotopic (exact) mass is 218 g/mol. The first-order chi connectivity index (χ1) is 7.55. The van der Waals surface area contributed by atoms with Gasteiger partial charge in [-0.25, -0.2) is 0 Å². The minimum atomic E-state index is -0.294. The van der Waals surface area contributed by atoms with E-state index in [0.717, 1.165) is 17.1 Å². The molecule has 1 aromatic carbocycles. The lowest BCUT2D eigenvalue weighted by Gasteiger charge is -2.20. The number of hydrogen-bond acceptors (Lipinski definition) is 2. The van der Waals surface area contributed by atoms with Crippen LogP contribution in [0.15, 0.2) is 18.2 Å². The molecule has 0 aliphatic carbocycles. The molecule has 0 aliphatic rings. The summed E-state index contributed by atoms with van der Waals surface area (Å²) < 4.78 is 10.7. The van der Waals surface area contributed by atoms with Crippen LogP contribution >= 0.6 is 0 Å². The molecule has 0 bridgehead atoms. The highest BCUT2D eigenvalue weighted by Crippen LogP contribution is 2.32. The van der Waals surface area contributed by atoms with Crippen LogP contribution in [-0.2, 0) is 5.41 Å². The van der Waals surface area contributed by atoms with Crippen molar-refractivity contribution in [3.8, 4) is 23.8 Å². The summed E-state index contributed by atoms with van der Waals surface area (Å²) in [6, 6.07) is 5.81. The third-order valence-corrected chi connectivity index (χ3v) is 2.55. The van der Waals surface area contributed by atoms with Crippen molar-refractivity contribution in [3.63, 3.8) is 0 Å². The fourth-order valence-electron chi connectivity index (χ4n) is 1.42. The second-order valence-electron chi connectivity index (χ2n) is 4.07. The second kappa shape index (κ2) is 4.94. The molecule has 0 heterocycles. The van der Waals surface area contributed by atoms with Gasteiger partial charge in [0.05, 0.1) is 19.1 Å². The molecule has 0 N–H and O–H groups in total. The summed E-state index contributed by atoms with van der Waals surface area (Å²) >= 11 is 0. The molecule has 0 aromatic heterocycles. The van der Waals surface area contributed by atoms with E-state index in [1.807, 2.05) is 39.0 Å². The van der Waals surface area contributed by atoms with Gasteiger partial charge in [0, 0.05) is 0 Å². The highest BCUT2D eigenvalue weighted by atomic mass is 16.5. The fraction of sp³-hybridized carbons (Fsp3) is 0.429. The lowest BCUT2D eigenvalue weighted by atomic mass is 9.85. The molecule has 86 valence electrons. The number of terminal acetylenes is 1. The highest BCUT2D eigenvalue weighted by Gasteiger charge is 2.19. The Balaban J connectivity index is 3.17. The van der Waals surface area contributed by atoms with E-state index in [0.29, 0.717) is 6.61 Å². The summed E-state index contributed by atoms with van der Waals surface area (Å²) in [5.74, 6) is 4.24. The summed E-state index contributed by atoms with van der Waals surface area (Å²) in [4.78, 5) is 0. The van der Waals surface area contributed by atoms with Crippen LogP contribution in [0.25, 0.3) is 0 Å². The molecule has 0 unspecified atom stereocenters. The SMILES string of the molecule is C#CC(C)(C)c1ccc(OC)c(OCC)c1. The Hall–Kier alpha value is -1.62. The van der Waals surface area contributed by atoms with E-state index in [1.165, 1.54) is 0 Å². The third-order valence-electron chi connectivity index (χ3n) is 2.55. The Labute approximate surface area is 97.6 Å². The van der Waals surface area contributed by atoms with Crippen molar-refractivity contribution in [2.75, 3.05) is 13.7 Å². The summed E-state index contributed by atoms with van der Waals surface area (Å²) in [6.45, 7) is 6.56. The Morgan fingerprint density at radius 3 is 2.50 bits per heavy atom. The van der Waals surface area contributed by atoms with Gasteiger partial charge in [0.2, 0.25) is 0 Å². The van der Waals surface area contributed by atoms with E-state index in [4.69, 9.17) is 15.9 Å². The molecule has 1 aromatic rings. The molecule has 0 saturated carbocycles. The van der Waals surface area contributed by atoms with Gasteiger partial charge in [-0.3, -0.25) is 0 Å². The minimum absolute atomic E-state index is 0.294. The third kappa shape index (κ3) is 2.49. The first-order valence-electron chi connectivity index (χ1n) is 5.34. The van der Waals surface area contributed by atoms with Crippen LogP contribution in [0.5, 0.6) is 11.5 Å². The number of rotatable bonds is 4. The van der Waals surface area contributed by atoms with Crippen molar-refractivity contribution < 1.29 is 9.47 Å². The van der Waals surface area contributed by atoms with Gasteiger partial charge in [-0.2, -0.15) is 0 Å². The molecule has 16 heavy (non-hydrogen) atoms. The van der Waals surface area contributed by atoms with Crippen molar-refractivity contribution in [3.05, 3.63) is 23.8 Å². The zero-order valence-electron chi connectivity index (χ0n) is 10.3. The van der Waals surface area contributed by atoms with Crippen molar-refractivity contribution in [2.45, 2.75) is 26.2 Å². The Morgan fingerprint density at radius 2 is 2.00 bits per heavy atom. The van der Waals surface area contributed by atoms with Gasteiger partial charge in [-0.05, 0) is 38.5 Å². The van der Waals surface area contributed by atoms with Gasteiger partial charge in [-0.15, -0.1) is 6.42 Å². The average molecular weight is 218 g/mol. The maximum absolute atomic E-state index is 5.51. The van der Waals surface area contributed by atoms with E-state index in [-0.39, 0.29) is 5.41 Å². The molecule has 2 nitrogen and oxygen atoms in total. The Morgan fingerprint density at radius 1 is 1.31 bits per heavy atom. The summed E-state index contributed by atoms with van der Waals surface area (Å²) in [5, 5.41) is 0. The summed E-state index contributed by atoms with van der Waals surface area (Å²) in [7, 11) is 1.63. The highest BCUT2D eigenvalue weighted by molar-refractivity contribution is 5.46. The van der Waals surface area contributed by atoms with Crippen LogP contribution in [0.4, 0.5) is 0 Å². The second-order valence-corrected chi connectivity index (χ2v) is 4.07. The van der Waals surface area contributed by atoms with Gasteiger partial charge in [0.15, 0.2) is 11.5 Å². The topological polar surface area (TPSA) is 18.5 Å². The van der Waals surface area contributed by atoms with Crippen LogP contribution < -0.4 is 9.47 Å². The fourth-order valence-corrected chi connectivity index (χ4v) is 1.42. The van der Waals surface area contributed by atoms with Crippen molar-refractivity contribution >= 4 is 0 Å². The number of methoxy groups -OCH3 is 1. The predicted octanol–water partition coefficient (Wildman–Crippen LogP) is 3.00. The Kier molecular flexibility index (Phi) is 3.84. The first-order valence-corrected chi connectivity index (χ1v) is 5.34. The normalized spacial score (nSPS) is 10.7. The van der Waals surface area contributed by atoms with Crippen LogP contribution in [0, 0.1) is 12.3 Å². The van der Waals surface area contributed by atoms with Gasteiger partial charge < -0.3 is 9.47 Å². The summed E-state index contributed by atoms with van der Waals surface area (Å²) in [6.07, 6.45) is 5.51. The van der Waals surface area contributed by atoms with Crippen LogP contribution in [0.2, 0.25) is 0 Å². The average Bonchev–Trinajstić information content (AvgIpc) is 2.29. The zero-order valence-corrected chi connectivity index (χ0v) is 10.3. The zero-order chi connectivity index (χ0) is 12.2. The predicted molar refractivity (Wildman–Crippen MR) is 66.0 cm³/mol. The number of benzene rings is 1. The Bertz CT molecular complexity index is 400. The maximum atomic E-state index is 5.51. The summed E-state index contributed by atoms with van der Waals surface area (Å²) in [5.41, 5.74) is 0.761. The molecular formula is C14H18O2. The van der Waals surface area contributed by atoms with E-state index >= 15 is 0 Å². The van der Waals surface area contributed by atoms with Gasteiger partial charge in [0.25, 0.3) is 0 Å². The lowest BCUT2D eigenvalue weighted by molar-refractivity contribution is 0.310. The first kappa shape index (κ1) is 12.4. The minimum Gasteiger partial charge on any atom is -0.493 e. The van der Waals surface area contributed by atoms with E-state index in [1.54, 1.807) is 7.11 Å². The maximum Gasteiger partial charge on any atom is 0.161 e. The standard InChI is InChI=1S/C14H18O2/c1-6-14(3,4)11-8-9-12(15-5)13(10-11)16-7-2/h1,8-10H,7H2,2-5H3. The molecule has 0 spiro atoms. The van der Waals surface area contributed by atoms with Crippen molar-refractivity contribution in [2.24, 2.45) is 0 Å². The van der Waals surface area contributed by atoms with Crippen molar-refractivity contribution in [1.29, 1.82) is 0 Å². The molecular weight excluding hydrogens is 200 g/mol. The molecule has 0 saturated heterocycles. The van der Waals surface area contributed by atoms with Crippen LogP contribution in [0.1, 0.15) is 26.3 Å². The van der Waals surface area contributed by atoms with E-state index in [2.05, 4.69) is 5.92 Å². The molecule has 0 aliphatic heterocycles. The molecule has 1 rings (SSSR count). The van der Waals surface area contributed by atoms with Gasteiger partial charge >= 0.3 is 0 Å². The molecule has 0 atom stereocenters. The quantitative estimate of drug-likeness (QED) is 0.723. The molecule has 0 fully saturated rings. The number of hydrogen-bond donors (Lipinski definition) is 0. The largest absolute Gasteiger partial charge is 0.493 e.